The molecule has 3 aromatic rings. The number of aliphatic imine (C=N–C) groups is 2. The van der Waals surface area contributed by atoms with Crippen molar-refractivity contribution in [2.75, 3.05) is 18.4 Å². The molecule has 4 heteroatoms. The van der Waals surface area contributed by atoms with Crippen LogP contribution in [0.25, 0.3) is 5.70 Å². The molecule has 1 aliphatic heterocycles. The number of anilines is 1. The summed E-state index contributed by atoms with van der Waals surface area (Å²) in [5, 5.41) is 7.09. The average molecular weight is 451 g/mol. The number of nitrogens with zero attached hydrogens (tertiary/aromatic N) is 2. The molecule has 2 N–H and O–H groups in total. The Morgan fingerprint density at radius 2 is 1.62 bits per heavy atom. The Balaban J connectivity index is 1.44. The third-order valence-corrected chi connectivity index (χ3v) is 6.07. The van der Waals surface area contributed by atoms with Gasteiger partial charge < -0.3 is 10.6 Å². The minimum absolute atomic E-state index is 0.211. The molecule has 0 aliphatic carbocycles. The van der Waals surface area contributed by atoms with E-state index in [1.165, 1.54) is 5.56 Å². The Morgan fingerprint density at radius 3 is 2.26 bits per heavy atom. The van der Waals surface area contributed by atoms with Gasteiger partial charge in [-0.15, -0.1) is 0 Å². The zero-order valence-electron chi connectivity index (χ0n) is 20.4. The van der Waals surface area contributed by atoms with Crippen molar-refractivity contribution in [1.82, 2.24) is 5.32 Å². The van der Waals surface area contributed by atoms with Crippen molar-refractivity contribution in [2.45, 2.75) is 33.2 Å². The van der Waals surface area contributed by atoms with Gasteiger partial charge in [-0.25, -0.2) is 4.99 Å². The summed E-state index contributed by atoms with van der Waals surface area (Å²) in [4.78, 5) is 9.42. The highest BCUT2D eigenvalue weighted by Crippen LogP contribution is 2.28. The van der Waals surface area contributed by atoms with Crippen molar-refractivity contribution >= 4 is 22.9 Å². The zero-order valence-corrected chi connectivity index (χ0v) is 20.4. The minimum Gasteiger partial charge on any atom is -0.385 e. The summed E-state index contributed by atoms with van der Waals surface area (Å²) in [7, 11) is 0. The van der Waals surface area contributed by atoms with E-state index in [1.807, 2.05) is 18.2 Å². The first kappa shape index (κ1) is 23.5. The molecule has 34 heavy (non-hydrogen) atoms. The van der Waals surface area contributed by atoms with E-state index < -0.39 is 0 Å². The average Bonchev–Trinajstić information content (AvgIpc) is 3.37. The second-order valence-electron chi connectivity index (χ2n) is 9.04. The maximum absolute atomic E-state index is 4.77. The number of hydrogen-bond acceptors (Lipinski definition) is 4. The standard InChI is InChI=1S/C30H34N4/c1-5-19-31-22(4)23-11-13-25(14-12-23)29(21(2)3)33-27-17-15-26(16-18-27)30-32-20-28(34-30)24-9-7-6-8-10-24/h6-18,21,29,31,33H,4-5,19-20H2,1-3H3. The van der Waals surface area contributed by atoms with Crippen LogP contribution in [0.4, 0.5) is 5.69 Å². The Kier molecular flexibility index (Phi) is 7.58. The molecule has 0 saturated heterocycles. The molecule has 0 spiro atoms. The number of nitrogens with one attached hydrogen (secondary N) is 2. The van der Waals surface area contributed by atoms with E-state index in [0.717, 1.165) is 52.6 Å². The second-order valence-corrected chi connectivity index (χ2v) is 9.04. The lowest BCUT2D eigenvalue weighted by molar-refractivity contribution is 0.546. The maximum Gasteiger partial charge on any atom is 0.155 e. The van der Waals surface area contributed by atoms with Gasteiger partial charge in [0.05, 0.1) is 18.3 Å². The van der Waals surface area contributed by atoms with Crippen LogP contribution in [-0.4, -0.2) is 24.6 Å². The van der Waals surface area contributed by atoms with Crippen molar-refractivity contribution in [3.8, 4) is 0 Å². The largest absolute Gasteiger partial charge is 0.385 e. The van der Waals surface area contributed by atoms with Crippen LogP contribution in [0.15, 0.2) is 95.4 Å². The van der Waals surface area contributed by atoms with E-state index in [0.29, 0.717) is 12.5 Å². The van der Waals surface area contributed by atoms with E-state index in [-0.39, 0.29) is 6.04 Å². The van der Waals surface area contributed by atoms with Crippen LogP contribution in [0.3, 0.4) is 0 Å². The van der Waals surface area contributed by atoms with Gasteiger partial charge in [0.15, 0.2) is 5.84 Å². The van der Waals surface area contributed by atoms with E-state index in [1.54, 1.807) is 0 Å². The first-order valence-corrected chi connectivity index (χ1v) is 12.1. The topological polar surface area (TPSA) is 48.8 Å². The van der Waals surface area contributed by atoms with Crippen molar-refractivity contribution in [3.63, 3.8) is 0 Å². The van der Waals surface area contributed by atoms with Crippen molar-refractivity contribution in [2.24, 2.45) is 15.9 Å². The molecule has 1 heterocycles. The van der Waals surface area contributed by atoms with Crippen LogP contribution in [0, 0.1) is 5.92 Å². The molecule has 1 unspecified atom stereocenters. The van der Waals surface area contributed by atoms with E-state index in [9.17, 15) is 0 Å². The molecule has 4 rings (SSSR count). The molecular weight excluding hydrogens is 416 g/mol. The molecule has 0 amide bonds. The molecule has 0 aromatic heterocycles. The predicted octanol–water partition coefficient (Wildman–Crippen LogP) is 6.72. The molecule has 0 bridgehead atoms. The fourth-order valence-electron chi connectivity index (χ4n) is 4.09. The van der Waals surface area contributed by atoms with Gasteiger partial charge >= 0.3 is 0 Å². The Bertz CT molecular complexity index is 1160. The quantitative estimate of drug-likeness (QED) is 0.360. The first-order valence-electron chi connectivity index (χ1n) is 12.1. The molecule has 3 aromatic carbocycles. The number of amidine groups is 1. The minimum atomic E-state index is 0.211. The monoisotopic (exact) mass is 450 g/mol. The third kappa shape index (κ3) is 5.63. The lowest BCUT2D eigenvalue weighted by Crippen LogP contribution is -2.17. The molecule has 0 saturated carbocycles. The van der Waals surface area contributed by atoms with Crippen LogP contribution < -0.4 is 10.6 Å². The first-order chi connectivity index (χ1) is 16.5. The van der Waals surface area contributed by atoms with Gasteiger partial charge in [-0.3, -0.25) is 4.99 Å². The van der Waals surface area contributed by atoms with Gasteiger partial charge in [0.2, 0.25) is 0 Å². The summed E-state index contributed by atoms with van der Waals surface area (Å²) in [5.41, 5.74) is 7.67. The smallest absolute Gasteiger partial charge is 0.155 e. The molecule has 1 atom stereocenters. The normalized spacial score (nSPS) is 13.9. The lowest BCUT2D eigenvalue weighted by atomic mass is 9.94. The SMILES string of the molecule is C=C(NCCC)c1ccc(C(Nc2ccc(C3=NCC(c4ccccc4)=N3)cc2)C(C)C)cc1. The van der Waals surface area contributed by atoms with Crippen LogP contribution in [-0.2, 0) is 0 Å². The number of hydrogen-bond donors (Lipinski definition) is 2. The predicted molar refractivity (Wildman–Crippen MR) is 146 cm³/mol. The van der Waals surface area contributed by atoms with Crippen LogP contribution in [0.2, 0.25) is 0 Å². The summed E-state index contributed by atoms with van der Waals surface area (Å²) in [6, 6.07) is 27.6. The summed E-state index contributed by atoms with van der Waals surface area (Å²) in [6.07, 6.45) is 1.09. The molecular formula is C30H34N4. The maximum atomic E-state index is 4.77. The Labute approximate surface area is 203 Å². The van der Waals surface area contributed by atoms with E-state index in [4.69, 9.17) is 4.99 Å². The molecule has 0 fully saturated rings. The molecule has 1 aliphatic rings. The fourth-order valence-corrected chi connectivity index (χ4v) is 4.09. The third-order valence-electron chi connectivity index (χ3n) is 6.07. The molecule has 174 valence electrons. The van der Waals surface area contributed by atoms with Crippen molar-refractivity contribution in [3.05, 3.63) is 108 Å². The summed E-state index contributed by atoms with van der Waals surface area (Å²) >= 11 is 0. The fraction of sp³-hybridized carbons (Fsp3) is 0.267. The van der Waals surface area contributed by atoms with Gasteiger partial charge in [-0.1, -0.05) is 81.9 Å². The summed E-state index contributed by atoms with van der Waals surface area (Å²) in [5.74, 6) is 1.24. The van der Waals surface area contributed by atoms with Crippen LogP contribution >= 0.6 is 0 Å². The number of rotatable bonds is 10. The lowest BCUT2D eigenvalue weighted by Gasteiger charge is -2.24. The summed E-state index contributed by atoms with van der Waals surface area (Å²) in [6.45, 7) is 12.4. The highest BCUT2D eigenvalue weighted by Gasteiger charge is 2.17. The zero-order chi connectivity index (χ0) is 23.9. The molecule has 0 radical (unpaired) electrons. The van der Waals surface area contributed by atoms with Crippen LogP contribution in [0.5, 0.6) is 0 Å². The van der Waals surface area contributed by atoms with Gasteiger partial charge in [-0.05, 0) is 53.3 Å². The second kappa shape index (κ2) is 11.0. The van der Waals surface area contributed by atoms with Crippen LogP contribution in [0.1, 0.15) is 55.5 Å². The van der Waals surface area contributed by atoms with Gasteiger partial charge in [-0.2, -0.15) is 0 Å². The van der Waals surface area contributed by atoms with E-state index in [2.05, 4.69) is 104 Å². The number of benzene rings is 3. The van der Waals surface area contributed by atoms with E-state index >= 15 is 0 Å². The Morgan fingerprint density at radius 1 is 0.912 bits per heavy atom. The summed E-state index contributed by atoms with van der Waals surface area (Å²) < 4.78 is 0. The van der Waals surface area contributed by atoms with Gasteiger partial charge in [0.25, 0.3) is 0 Å². The van der Waals surface area contributed by atoms with Gasteiger partial charge in [0.1, 0.15) is 0 Å². The van der Waals surface area contributed by atoms with Crippen molar-refractivity contribution < 1.29 is 0 Å². The van der Waals surface area contributed by atoms with Gasteiger partial charge in [0, 0.05) is 23.5 Å². The highest BCUT2D eigenvalue weighted by molar-refractivity contribution is 6.17. The van der Waals surface area contributed by atoms with Crippen molar-refractivity contribution in [1.29, 1.82) is 0 Å². The Hall–Kier alpha value is -3.66. The highest BCUT2D eigenvalue weighted by atomic mass is 15.0. The molecule has 4 nitrogen and oxygen atoms in total.